The van der Waals surface area contributed by atoms with Crippen LogP contribution in [0.1, 0.15) is 28.5 Å². The lowest BCUT2D eigenvalue weighted by atomic mass is 10.1. The normalized spacial score (nSPS) is 20.3. The van der Waals surface area contributed by atoms with Gasteiger partial charge in [-0.3, -0.25) is 4.79 Å². The average molecular weight is 322 g/mol. The summed E-state index contributed by atoms with van der Waals surface area (Å²) in [6, 6.07) is 11.4. The SMILES string of the molecule is O=C(CCc1ccc(Cl)s1)N[C@H]1c2ccccc2C[C@H]1O. The zero-order valence-corrected chi connectivity index (χ0v) is 13.0. The summed E-state index contributed by atoms with van der Waals surface area (Å²) in [6.07, 6.45) is 1.14. The molecule has 1 amide bonds. The molecule has 1 aromatic carbocycles. The Morgan fingerprint density at radius 1 is 1.33 bits per heavy atom. The molecule has 0 unspecified atom stereocenters. The highest BCUT2D eigenvalue weighted by molar-refractivity contribution is 7.16. The third kappa shape index (κ3) is 3.28. The first kappa shape index (κ1) is 14.6. The van der Waals surface area contributed by atoms with Gasteiger partial charge in [0.2, 0.25) is 5.91 Å². The molecule has 0 saturated heterocycles. The fourth-order valence-corrected chi connectivity index (χ4v) is 3.80. The monoisotopic (exact) mass is 321 g/mol. The van der Waals surface area contributed by atoms with Crippen LogP contribution in [-0.2, 0) is 17.6 Å². The van der Waals surface area contributed by atoms with E-state index >= 15 is 0 Å². The summed E-state index contributed by atoms with van der Waals surface area (Å²) < 4.78 is 0.741. The summed E-state index contributed by atoms with van der Waals surface area (Å²) in [5, 5.41) is 13.1. The Morgan fingerprint density at radius 2 is 2.14 bits per heavy atom. The Balaban J connectivity index is 1.60. The van der Waals surface area contributed by atoms with Crippen LogP contribution in [0.2, 0.25) is 4.34 Å². The largest absolute Gasteiger partial charge is 0.390 e. The van der Waals surface area contributed by atoms with Crippen LogP contribution in [0.15, 0.2) is 36.4 Å². The highest BCUT2D eigenvalue weighted by atomic mass is 35.5. The van der Waals surface area contributed by atoms with Crippen molar-refractivity contribution in [2.75, 3.05) is 0 Å². The molecule has 21 heavy (non-hydrogen) atoms. The zero-order chi connectivity index (χ0) is 14.8. The van der Waals surface area contributed by atoms with Crippen molar-refractivity contribution in [2.24, 2.45) is 0 Å². The van der Waals surface area contributed by atoms with Crippen molar-refractivity contribution in [2.45, 2.75) is 31.4 Å². The van der Waals surface area contributed by atoms with Gasteiger partial charge in [0, 0.05) is 17.7 Å². The number of aryl methyl sites for hydroxylation is 1. The summed E-state index contributed by atoms with van der Waals surface area (Å²) in [7, 11) is 0. The molecular weight excluding hydrogens is 306 g/mol. The molecule has 5 heteroatoms. The molecule has 3 rings (SSSR count). The van der Waals surface area contributed by atoms with Gasteiger partial charge in [-0.15, -0.1) is 11.3 Å². The number of hydrogen-bond acceptors (Lipinski definition) is 3. The summed E-state index contributed by atoms with van der Waals surface area (Å²) in [5.74, 6) is -0.0414. The van der Waals surface area contributed by atoms with Crippen molar-refractivity contribution in [1.82, 2.24) is 5.32 Å². The number of thiophene rings is 1. The van der Waals surface area contributed by atoms with Crippen LogP contribution in [0.4, 0.5) is 0 Å². The first-order valence-electron chi connectivity index (χ1n) is 6.93. The van der Waals surface area contributed by atoms with Crippen LogP contribution in [0, 0.1) is 0 Å². The van der Waals surface area contributed by atoms with Crippen molar-refractivity contribution < 1.29 is 9.90 Å². The molecule has 0 radical (unpaired) electrons. The molecule has 2 N–H and O–H groups in total. The van der Waals surface area contributed by atoms with E-state index in [1.54, 1.807) is 0 Å². The summed E-state index contributed by atoms with van der Waals surface area (Å²) >= 11 is 7.37. The van der Waals surface area contributed by atoms with Crippen LogP contribution in [-0.4, -0.2) is 17.1 Å². The Labute approximate surface area is 132 Å². The lowest BCUT2D eigenvalue weighted by Crippen LogP contribution is -2.33. The van der Waals surface area contributed by atoms with E-state index < -0.39 is 6.10 Å². The molecular formula is C16H16ClNO2S. The predicted octanol–water partition coefficient (Wildman–Crippen LogP) is 3.11. The number of halogens is 1. The van der Waals surface area contributed by atoms with Crippen LogP contribution >= 0.6 is 22.9 Å². The second-order valence-electron chi connectivity index (χ2n) is 5.22. The number of aliphatic hydroxyl groups excluding tert-OH is 1. The fraction of sp³-hybridized carbons (Fsp3) is 0.312. The Hall–Kier alpha value is -1.36. The number of aliphatic hydroxyl groups is 1. The number of fused-ring (bicyclic) bond motifs is 1. The van der Waals surface area contributed by atoms with Crippen molar-refractivity contribution in [3.8, 4) is 0 Å². The standard InChI is InChI=1S/C16H16ClNO2S/c17-14-7-5-11(21-14)6-8-15(20)18-16-12-4-2-1-3-10(12)9-13(16)19/h1-5,7,13,16,19H,6,8-9H2,(H,18,20)/t13-,16+/m1/s1. The van der Waals surface area contributed by atoms with Gasteiger partial charge in [-0.1, -0.05) is 35.9 Å². The lowest BCUT2D eigenvalue weighted by molar-refractivity contribution is -0.122. The van der Waals surface area contributed by atoms with Gasteiger partial charge in [-0.25, -0.2) is 0 Å². The second-order valence-corrected chi connectivity index (χ2v) is 7.02. The first-order chi connectivity index (χ1) is 10.1. The van der Waals surface area contributed by atoms with E-state index in [-0.39, 0.29) is 11.9 Å². The van der Waals surface area contributed by atoms with E-state index in [4.69, 9.17) is 11.6 Å². The molecule has 1 aliphatic carbocycles. The minimum Gasteiger partial charge on any atom is -0.390 e. The minimum atomic E-state index is -0.539. The van der Waals surface area contributed by atoms with Crippen LogP contribution in [0.5, 0.6) is 0 Å². The number of hydrogen-bond donors (Lipinski definition) is 2. The zero-order valence-electron chi connectivity index (χ0n) is 11.4. The fourth-order valence-electron chi connectivity index (χ4n) is 2.72. The number of benzene rings is 1. The quantitative estimate of drug-likeness (QED) is 0.909. The number of carbonyl (C=O) groups is 1. The van der Waals surface area contributed by atoms with Gasteiger partial charge >= 0.3 is 0 Å². The van der Waals surface area contributed by atoms with E-state index in [1.165, 1.54) is 11.3 Å². The molecule has 1 aliphatic rings. The molecule has 2 atom stereocenters. The van der Waals surface area contributed by atoms with Crippen LogP contribution < -0.4 is 5.32 Å². The molecule has 0 saturated carbocycles. The molecule has 1 heterocycles. The van der Waals surface area contributed by atoms with E-state index in [1.807, 2.05) is 36.4 Å². The predicted molar refractivity (Wildman–Crippen MR) is 84.7 cm³/mol. The Bertz CT molecular complexity index is 655. The van der Waals surface area contributed by atoms with E-state index in [2.05, 4.69) is 5.32 Å². The van der Waals surface area contributed by atoms with Gasteiger partial charge in [0.05, 0.1) is 16.5 Å². The lowest BCUT2D eigenvalue weighted by Gasteiger charge is -2.17. The van der Waals surface area contributed by atoms with Gasteiger partial charge in [-0.2, -0.15) is 0 Å². The molecule has 1 aromatic heterocycles. The third-order valence-electron chi connectivity index (χ3n) is 3.75. The topological polar surface area (TPSA) is 49.3 Å². The summed E-state index contributed by atoms with van der Waals surface area (Å²) in [4.78, 5) is 13.2. The number of rotatable bonds is 4. The number of nitrogens with one attached hydrogen (secondary N) is 1. The summed E-state index contributed by atoms with van der Waals surface area (Å²) in [5.41, 5.74) is 2.14. The van der Waals surface area contributed by atoms with Crippen LogP contribution in [0.25, 0.3) is 0 Å². The molecule has 0 aliphatic heterocycles. The van der Waals surface area contributed by atoms with Gasteiger partial charge in [0.1, 0.15) is 0 Å². The maximum atomic E-state index is 12.1. The van der Waals surface area contributed by atoms with Crippen molar-refractivity contribution in [3.63, 3.8) is 0 Å². The first-order valence-corrected chi connectivity index (χ1v) is 8.12. The van der Waals surface area contributed by atoms with Gasteiger partial charge in [-0.05, 0) is 29.7 Å². The second kappa shape index (κ2) is 6.18. The van der Waals surface area contributed by atoms with Gasteiger partial charge < -0.3 is 10.4 Å². The molecule has 0 bridgehead atoms. The molecule has 0 spiro atoms. The third-order valence-corrected chi connectivity index (χ3v) is 5.04. The highest BCUT2D eigenvalue weighted by Crippen LogP contribution is 2.31. The molecule has 110 valence electrons. The highest BCUT2D eigenvalue weighted by Gasteiger charge is 2.31. The Kier molecular flexibility index (Phi) is 4.29. The maximum Gasteiger partial charge on any atom is 0.220 e. The van der Waals surface area contributed by atoms with E-state index in [0.29, 0.717) is 19.3 Å². The van der Waals surface area contributed by atoms with Crippen molar-refractivity contribution in [1.29, 1.82) is 0 Å². The van der Waals surface area contributed by atoms with Gasteiger partial charge in [0.15, 0.2) is 0 Å². The van der Waals surface area contributed by atoms with Crippen molar-refractivity contribution >= 4 is 28.8 Å². The molecule has 3 nitrogen and oxygen atoms in total. The van der Waals surface area contributed by atoms with Gasteiger partial charge in [0.25, 0.3) is 0 Å². The number of carbonyl (C=O) groups excluding carboxylic acids is 1. The minimum absolute atomic E-state index is 0.0414. The smallest absolute Gasteiger partial charge is 0.220 e. The number of amides is 1. The van der Waals surface area contributed by atoms with Crippen LogP contribution in [0.3, 0.4) is 0 Å². The van der Waals surface area contributed by atoms with E-state index in [0.717, 1.165) is 20.3 Å². The summed E-state index contributed by atoms with van der Waals surface area (Å²) in [6.45, 7) is 0. The molecule has 0 fully saturated rings. The average Bonchev–Trinajstić information content (AvgIpc) is 3.01. The molecule has 2 aromatic rings. The van der Waals surface area contributed by atoms with E-state index in [9.17, 15) is 9.90 Å². The Morgan fingerprint density at radius 3 is 2.90 bits per heavy atom. The maximum absolute atomic E-state index is 12.1. The van der Waals surface area contributed by atoms with Crippen molar-refractivity contribution in [3.05, 3.63) is 56.7 Å².